The molecule has 2 rings (SSSR count). The van der Waals surface area contributed by atoms with Crippen molar-refractivity contribution in [2.75, 3.05) is 26.2 Å². The van der Waals surface area contributed by atoms with E-state index in [-0.39, 0.29) is 40.1 Å². The minimum atomic E-state index is 0. The summed E-state index contributed by atoms with van der Waals surface area (Å²) in [6, 6.07) is 0.878. The van der Waals surface area contributed by atoms with Crippen LogP contribution < -0.4 is 0 Å². The van der Waals surface area contributed by atoms with E-state index >= 15 is 0 Å². The molecule has 2 aliphatic rings. The molecular formula is C11H22N2Y-2. The molecule has 2 heterocycles. The van der Waals surface area contributed by atoms with Crippen LogP contribution in [0.1, 0.15) is 32.1 Å². The maximum absolute atomic E-state index is 4.40. The molecule has 0 unspecified atom stereocenters. The second-order valence-electron chi connectivity index (χ2n) is 4.00. The van der Waals surface area contributed by atoms with E-state index in [4.69, 9.17) is 0 Å². The molecule has 2 nitrogen and oxygen atoms in total. The molecule has 2 saturated heterocycles. The van der Waals surface area contributed by atoms with Crippen molar-refractivity contribution in [3.8, 4) is 0 Å². The SMILES string of the molecule is C1CCN(C2CC[N-]CC2)CC1.[CH3-].[Y]. The molecule has 14 heavy (non-hydrogen) atoms. The van der Waals surface area contributed by atoms with Gasteiger partial charge in [-0.2, -0.15) is 0 Å². The first kappa shape index (κ1) is 15.0. The van der Waals surface area contributed by atoms with Gasteiger partial charge >= 0.3 is 0 Å². The summed E-state index contributed by atoms with van der Waals surface area (Å²) in [5, 5.41) is 4.40. The summed E-state index contributed by atoms with van der Waals surface area (Å²) in [6.07, 6.45) is 6.94. The van der Waals surface area contributed by atoms with E-state index < -0.39 is 0 Å². The second kappa shape index (κ2) is 8.21. The molecule has 81 valence electrons. The fourth-order valence-electron chi connectivity index (χ4n) is 2.39. The van der Waals surface area contributed by atoms with Gasteiger partial charge in [0.05, 0.1) is 0 Å². The average molecular weight is 271 g/mol. The van der Waals surface area contributed by atoms with E-state index in [0.29, 0.717) is 0 Å². The van der Waals surface area contributed by atoms with Gasteiger partial charge in [-0.05, 0) is 25.9 Å². The maximum atomic E-state index is 4.40. The van der Waals surface area contributed by atoms with Gasteiger partial charge in [-0.25, -0.2) is 0 Å². The van der Waals surface area contributed by atoms with Gasteiger partial charge in [0.1, 0.15) is 0 Å². The summed E-state index contributed by atoms with van der Waals surface area (Å²) in [5.41, 5.74) is 0. The van der Waals surface area contributed by atoms with Gasteiger partial charge < -0.3 is 17.6 Å². The van der Waals surface area contributed by atoms with Crippen molar-refractivity contribution in [3.63, 3.8) is 0 Å². The molecule has 2 aliphatic heterocycles. The fourth-order valence-corrected chi connectivity index (χ4v) is 2.39. The number of piperidine rings is 2. The average Bonchev–Trinajstić information content (AvgIpc) is 2.21. The van der Waals surface area contributed by atoms with Crippen LogP contribution in [0.5, 0.6) is 0 Å². The van der Waals surface area contributed by atoms with Gasteiger partial charge in [-0.3, -0.25) is 0 Å². The van der Waals surface area contributed by atoms with Gasteiger partial charge in [-0.1, -0.05) is 19.3 Å². The number of nitrogens with zero attached hydrogens (tertiary/aromatic N) is 2. The van der Waals surface area contributed by atoms with Crippen molar-refractivity contribution in [1.29, 1.82) is 0 Å². The van der Waals surface area contributed by atoms with Crippen LogP contribution >= 0.6 is 0 Å². The summed E-state index contributed by atoms with van der Waals surface area (Å²) < 4.78 is 0. The Labute approximate surface area is 114 Å². The zero-order chi connectivity index (χ0) is 8.23. The minimum Gasteiger partial charge on any atom is -0.662 e. The summed E-state index contributed by atoms with van der Waals surface area (Å²) in [4.78, 5) is 2.69. The summed E-state index contributed by atoms with van der Waals surface area (Å²) >= 11 is 0. The Bertz CT molecular complexity index is 113. The number of hydrogen-bond acceptors (Lipinski definition) is 1. The largest absolute Gasteiger partial charge is 0.662 e. The summed E-state index contributed by atoms with van der Waals surface area (Å²) in [5.74, 6) is 0. The standard InChI is InChI=1S/C10H19N2.CH3.Y/c1-2-8-12(9-3-1)10-4-6-11-7-5-10;;/h10H,1-9H2;1H3;/q2*-1;. The van der Waals surface area contributed by atoms with E-state index in [1.165, 1.54) is 45.2 Å². The first-order valence-electron chi connectivity index (χ1n) is 5.34. The maximum Gasteiger partial charge on any atom is 0.00624 e. The van der Waals surface area contributed by atoms with Crippen LogP contribution in [-0.4, -0.2) is 37.1 Å². The minimum absolute atomic E-state index is 0. The van der Waals surface area contributed by atoms with Crippen molar-refractivity contribution in [2.45, 2.75) is 38.1 Å². The van der Waals surface area contributed by atoms with Crippen LogP contribution in [0.15, 0.2) is 0 Å². The molecule has 2 fully saturated rings. The Kier molecular flexibility index (Phi) is 8.81. The van der Waals surface area contributed by atoms with Crippen LogP contribution in [0.2, 0.25) is 0 Å². The Morgan fingerprint density at radius 2 is 1.50 bits per heavy atom. The van der Waals surface area contributed by atoms with Gasteiger partial charge in [0.15, 0.2) is 0 Å². The Morgan fingerprint density at radius 3 is 2.07 bits per heavy atom. The number of likely N-dealkylation sites (tertiary alicyclic amines) is 1. The molecule has 0 aromatic carbocycles. The normalized spacial score (nSPS) is 24.9. The number of rotatable bonds is 1. The van der Waals surface area contributed by atoms with Crippen LogP contribution in [0.25, 0.3) is 5.32 Å². The zero-order valence-corrected chi connectivity index (χ0v) is 12.3. The first-order valence-corrected chi connectivity index (χ1v) is 5.34. The molecule has 1 radical (unpaired) electrons. The molecule has 3 heteroatoms. The van der Waals surface area contributed by atoms with Crippen LogP contribution in [0.3, 0.4) is 0 Å². The quantitative estimate of drug-likeness (QED) is 0.670. The molecule has 0 aliphatic carbocycles. The second-order valence-corrected chi connectivity index (χ2v) is 4.00. The molecule has 0 spiro atoms. The van der Waals surface area contributed by atoms with Crippen molar-refractivity contribution in [2.24, 2.45) is 0 Å². The Hall–Kier alpha value is 1.02. The molecule has 0 saturated carbocycles. The molecule has 0 aromatic rings. The first-order chi connectivity index (χ1) is 5.97. The van der Waals surface area contributed by atoms with Crippen LogP contribution in [0.4, 0.5) is 0 Å². The van der Waals surface area contributed by atoms with E-state index in [0.717, 1.165) is 19.1 Å². The number of hydrogen-bond donors (Lipinski definition) is 0. The fraction of sp³-hybridized carbons (Fsp3) is 0.909. The van der Waals surface area contributed by atoms with Crippen molar-refractivity contribution >= 4 is 0 Å². The summed E-state index contributed by atoms with van der Waals surface area (Å²) in [6.45, 7) is 4.93. The Balaban J connectivity index is 0.000000845. The van der Waals surface area contributed by atoms with E-state index in [1.54, 1.807) is 0 Å². The third kappa shape index (κ3) is 4.26. The topological polar surface area (TPSA) is 17.3 Å². The van der Waals surface area contributed by atoms with Crippen LogP contribution in [-0.2, 0) is 32.7 Å². The molecule has 0 N–H and O–H groups in total. The van der Waals surface area contributed by atoms with Crippen molar-refractivity contribution in [3.05, 3.63) is 12.7 Å². The Morgan fingerprint density at radius 1 is 0.929 bits per heavy atom. The van der Waals surface area contributed by atoms with Gasteiger partial charge in [0, 0.05) is 38.8 Å². The molecular weight excluding hydrogens is 249 g/mol. The third-order valence-corrected chi connectivity index (χ3v) is 3.15. The molecule has 0 aromatic heterocycles. The monoisotopic (exact) mass is 271 g/mol. The summed E-state index contributed by atoms with van der Waals surface area (Å²) in [7, 11) is 0. The van der Waals surface area contributed by atoms with Crippen LogP contribution in [0, 0.1) is 7.43 Å². The van der Waals surface area contributed by atoms with E-state index in [9.17, 15) is 0 Å². The molecule has 0 bridgehead atoms. The van der Waals surface area contributed by atoms with E-state index in [2.05, 4.69) is 10.2 Å². The van der Waals surface area contributed by atoms with Crippen molar-refractivity contribution < 1.29 is 32.7 Å². The van der Waals surface area contributed by atoms with Gasteiger partial charge in [0.2, 0.25) is 0 Å². The third-order valence-electron chi connectivity index (χ3n) is 3.15. The predicted molar refractivity (Wildman–Crippen MR) is 58.0 cm³/mol. The molecule has 0 atom stereocenters. The van der Waals surface area contributed by atoms with Gasteiger partial charge in [0.25, 0.3) is 0 Å². The van der Waals surface area contributed by atoms with Crippen molar-refractivity contribution in [1.82, 2.24) is 4.90 Å². The van der Waals surface area contributed by atoms with E-state index in [1.807, 2.05) is 0 Å². The molecule has 0 amide bonds. The van der Waals surface area contributed by atoms with Gasteiger partial charge in [-0.15, -0.1) is 13.1 Å². The zero-order valence-electron chi connectivity index (χ0n) is 9.41. The predicted octanol–water partition coefficient (Wildman–Crippen LogP) is 2.46. The smallest absolute Gasteiger partial charge is 0.00624 e.